The van der Waals surface area contributed by atoms with E-state index in [1.165, 1.54) is 64.2 Å². The molecule has 6 heteroatoms. The Balaban J connectivity index is 1.99. The number of hydrogen-bond donors (Lipinski definition) is 0. The Morgan fingerprint density at radius 2 is 1.14 bits per heavy atom. The normalized spacial score (nSPS) is 11.9. The number of nitrogens with zero attached hydrogens (tertiary/aromatic N) is 3. The van der Waals surface area contributed by atoms with Crippen LogP contribution in [0, 0.1) is 22.7 Å². The van der Waals surface area contributed by atoms with Crippen molar-refractivity contribution in [2.24, 2.45) is 0 Å². The molecule has 42 heavy (non-hydrogen) atoms. The highest BCUT2D eigenvalue weighted by Crippen LogP contribution is 2.57. The van der Waals surface area contributed by atoms with Gasteiger partial charge in [-0.05, 0) is 31.4 Å². The van der Waals surface area contributed by atoms with Crippen molar-refractivity contribution in [3.63, 3.8) is 0 Å². The largest absolute Gasteiger partial charge is 0.491 e. The fraction of sp³-hybridized carbons (Fsp3) is 0.611. The summed E-state index contributed by atoms with van der Waals surface area (Å²) in [4.78, 5) is 4.37. The number of rotatable bonds is 21. The van der Waals surface area contributed by atoms with E-state index in [0.717, 1.165) is 66.2 Å². The van der Waals surface area contributed by atoms with Gasteiger partial charge >= 0.3 is 0 Å². The molecule has 0 saturated heterocycles. The maximum absolute atomic E-state index is 10.4. The van der Waals surface area contributed by atoms with Gasteiger partial charge in [0.1, 0.15) is 29.0 Å². The van der Waals surface area contributed by atoms with Crippen LogP contribution in [0.4, 0.5) is 11.4 Å². The van der Waals surface area contributed by atoms with Crippen LogP contribution in [-0.4, -0.2) is 19.8 Å². The molecule has 0 bridgehead atoms. The van der Waals surface area contributed by atoms with E-state index in [1.54, 1.807) is 11.8 Å². The van der Waals surface area contributed by atoms with Crippen LogP contribution < -0.4 is 14.4 Å². The fourth-order valence-electron chi connectivity index (χ4n) is 5.54. The lowest BCUT2D eigenvalue weighted by atomic mass is 10.0. The van der Waals surface area contributed by atoms with E-state index in [1.807, 2.05) is 0 Å². The van der Waals surface area contributed by atoms with Crippen LogP contribution in [0.3, 0.4) is 0 Å². The first-order valence-corrected chi connectivity index (χ1v) is 17.4. The number of para-hydroxylation sites is 1. The van der Waals surface area contributed by atoms with Crippen molar-refractivity contribution in [3.8, 4) is 23.6 Å². The second kappa shape index (κ2) is 19.4. The van der Waals surface area contributed by atoms with Crippen molar-refractivity contribution in [1.29, 1.82) is 10.5 Å². The Hall–Kier alpha value is -2.83. The summed E-state index contributed by atoms with van der Waals surface area (Å²) in [5.41, 5.74) is 2.64. The topological polar surface area (TPSA) is 69.3 Å². The van der Waals surface area contributed by atoms with E-state index in [0.29, 0.717) is 35.8 Å². The average molecular weight is 590 g/mol. The van der Waals surface area contributed by atoms with Crippen LogP contribution in [-0.2, 0) is 0 Å². The summed E-state index contributed by atoms with van der Waals surface area (Å²) >= 11 is 1.64. The zero-order chi connectivity index (χ0) is 30.0. The lowest BCUT2D eigenvalue weighted by Crippen LogP contribution is -2.24. The molecule has 0 saturated carbocycles. The van der Waals surface area contributed by atoms with Crippen molar-refractivity contribution in [2.75, 3.05) is 24.7 Å². The number of anilines is 2. The van der Waals surface area contributed by atoms with Crippen LogP contribution in [0.1, 0.15) is 135 Å². The van der Waals surface area contributed by atoms with Crippen molar-refractivity contribution in [2.45, 2.75) is 133 Å². The highest BCUT2D eigenvalue weighted by atomic mass is 32.2. The molecule has 0 aromatic heterocycles. The SMILES string of the molecule is CCCCCCCCOc1c(C#N)c(C#N)c(OCCCCCCCC)c2c1Sc1ccccc1N2CCCCCC. The molecule has 0 aliphatic carbocycles. The molecular formula is C36H51N3O2S. The van der Waals surface area contributed by atoms with Gasteiger partial charge in [-0.15, -0.1) is 0 Å². The summed E-state index contributed by atoms with van der Waals surface area (Å²) in [5, 5.41) is 20.8. The van der Waals surface area contributed by atoms with Crippen LogP contribution in [0.5, 0.6) is 11.5 Å². The Labute approximate surface area is 259 Å². The maximum atomic E-state index is 10.4. The summed E-state index contributed by atoms with van der Waals surface area (Å²) in [6, 6.07) is 13.1. The molecule has 0 N–H and O–H groups in total. The van der Waals surface area contributed by atoms with E-state index >= 15 is 0 Å². The minimum atomic E-state index is 0.304. The van der Waals surface area contributed by atoms with E-state index < -0.39 is 0 Å². The van der Waals surface area contributed by atoms with Gasteiger partial charge in [0, 0.05) is 11.4 Å². The second-order valence-corrected chi connectivity index (χ2v) is 12.4. The number of nitriles is 2. The summed E-state index contributed by atoms with van der Waals surface area (Å²) < 4.78 is 12.9. The molecule has 0 spiro atoms. The van der Waals surface area contributed by atoms with Crippen LogP contribution in [0.2, 0.25) is 0 Å². The highest BCUT2D eigenvalue weighted by Gasteiger charge is 2.34. The number of fused-ring (bicyclic) bond motifs is 2. The van der Waals surface area contributed by atoms with Crippen LogP contribution >= 0.6 is 11.8 Å². The first-order chi connectivity index (χ1) is 20.7. The molecular weight excluding hydrogens is 538 g/mol. The van der Waals surface area contributed by atoms with E-state index in [2.05, 4.69) is 62.1 Å². The molecule has 228 valence electrons. The van der Waals surface area contributed by atoms with Gasteiger partial charge < -0.3 is 14.4 Å². The van der Waals surface area contributed by atoms with E-state index in [9.17, 15) is 10.5 Å². The van der Waals surface area contributed by atoms with Crippen molar-refractivity contribution in [3.05, 3.63) is 35.4 Å². The molecule has 0 fully saturated rings. The smallest absolute Gasteiger partial charge is 0.163 e. The van der Waals surface area contributed by atoms with Gasteiger partial charge in [0.2, 0.25) is 0 Å². The number of benzene rings is 2. The van der Waals surface area contributed by atoms with Gasteiger partial charge in [-0.1, -0.05) is 128 Å². The lowest BCUT2D eigenvalue weighted by Gasteiger charge is -2.35. The fourth-order valence-corrected chi connectivity index (χ4v) is 6.74. The predicted octanol–water partition coefficient (Wildman–Crippen LogP) is 11.1. The molecule has 0 radical (unpaired) electrons. The summed E-state index contributed by atoms with van der Waals surface area (Å²) in [6.45, 7) is 8.58. The quantitative estimate of drug-likeness (QED) is 0.135. The zero-order valence-electron chi connectivity index (χ0n) is 26.3. The van der Waals surface area contributed by atoms with Gasteiger partial charge in [-0.2, -0.15) is 10.5 Å². The van der Waals surface area contributed by atoms with Gasteiger partial charge in [-0.25, -0.2) is 0 Å². The highest BCUT2D eigenvalue weighted by molar-refractivity contribution is 7.99. The number of unbranched alkanes of at least 4 members (excludes halogenated alkanes) is 13. The summed E-state index contributed by atoms with van der Waals surface area (Å²) in [6.07, 6.45) is 18.5. The Kier molecular flexibility index (Phi) is 15.5. The molecule has 1 heterocycles. The molecule has 3 rings (SSSR count). The number of hydrogen-bond acceptors (Lipinski definition) is 6. The molecule has 0 unspecified atom stereocenters. The maximum Gasteiger partial charge on any atom is 0.163 e. The summed E-state index contributed by atoms with van der Waals surface area (Å²) in [7, 11) is 0. The van der Waals surface area contributed by atoms with Gasteiger partial charge in [0.25, 0.3) is 0 Å². The van der Waals surface area contributed by atoms with Gasteiger partial charge in [0.05, 0.1) is 23.8 Å². The average Bonchev–Trinajstić information content (AvgIpc) is 3.01. The molecule has 1 aliphatic rings. The molecule has 2 aromatic carbocycles. The van der Waals surface area contributed by atoms with Crippen molar-refractivity contribution in [1.82, 2.24) is 0 Å². The van der Waals surface area contributed by atoms with E-state index in [4.69, 9.17) is 9.47 Å². The minimum absolute atomic E-state index is 0.304. The van der Waals surface area contributed by atoms with Gasteiger partial charge in [-0.3, -0.25) is 0 Å². The monoisotopic (exact) mass is 589 g/mol. The van der Waals surface area contributed by atoms with Crippen molar-refractivity contribution < 1.29 is 9.47 Å². The zero-order valence-corrected chi connectivity index (χ0v) is 27.1. The standard InChI is InChI=1S/C36H51N3O2S/c1-4-7-10-13-15-20-25-40-34-29(27-37)30(28-38)35(41-26-21-16-14-11-8-5-2)36-33(34)39(24-19-12-9-6-3)31-22-17-18-23-32(31)42-36/h17-18,22-23H,4-16,19-21,24-26H2,1-3H3. The third-order valence-corrected chi connectivity index (χ3v) is 9.07. The minimum Gasteiger partial charge on any atom is -0.491 e. The summed E-state index contributed by atoms with van der Waals surface area (Å²) in [5.74, 6) is 1.09. The Morgan fingerprint density at radius 1 is 0.643 bits per heavy atom. The molecule has 5 nitrogen and oxygen atoms in total. The molecule has 1 aliphatic heterocycles. The first kappa shape index (κ1) is 33.7. The van der Waals surface area contributed by atoms with Gasteiger partial charge in [0.15, 0.2) is 11.5 Å². The second-order valence-electron chi connectivity index (χ2n) is 11.3. The first-order valence-electron chi connectivity index (χ1n) is 16.6. The lowest BCUT2D eigenvalue weighted by molar-refractivity contribution is 0.289. The molecule has 0 atom stereocenters. The Morgan fingerprint density at radius 3 is 1.74 bits per heavy atom. The van der Waals surface area contributed by atoms with Crippen molar-refractivity contribution >= 4 is 23.1 Å². The predicted molar refractivity (Wildman–Crippen MR) is 175 cm³/mol. The molecule has 0 amide bonds. The third kappa shape index (κ3) is 9.34. The van der Waals surface area contributed by atoms with Crippen LogP contribution in [0.15, 0.2) is 34.1 Å². The Bertz CT molecular complexity index is 1180. The number of ether oxygens (including phenoxy) is 2. The molecule has 2 aromatic rings. The van der Waals surface area contributed by atoms with Crippen LogP contribution in [0.25, 0.3) is 0 Å². The third-order valence-electron chi connectivity index (χ3n) is 7.93. The van der Waals surface area contributed by atoms with E-state index in [-0.39, 0.29) is 0 Å².